The number of halogens is 2. The molecule has 0 bridgehead atoms. The fraction of sp³-hybridized carbons (Fsp3) is 0.118. The number of pyridine rings is 1. The Bertz CT molecular complexity index is 947. The molecule has 8 nitrogen and oxygen atoms in total. The second kappa shape index (κ2) is 7.33. The van der Waals surface area contributed by atoms with E-state index in [0.717, 1.165) is 10.7 Å². The van der Waals surface area contributed by atoms with Crippen molar-refractivity contribution in [3.05, 3.63) is 64.3 Å². The molecule has 10 heteroatoms. The topological polar surface area (TPSA) is 128 Å². The molecule has 1 aliphatic rings. The van der Waals surface area contributed by atoms with Gasteiger partial charge in [-0.3, -0.25) is 10.5 Å². The molecule has 0 fully saturated rings. The summed E-state index contributed by atoms with van der Waals surface area (Å²) >= 11 is 3.26. The van der Waals surface area contributed by atoms with Crippen LogP contribution >= 0.6 is 15.9 Å². The molecule has 3 rings (SSSR count). The van der Waals surface area contributed by atoms with Gasteiger partial charge in [0.25, 0.3) is 5.91 Å². The molecule has 1 aromatic carbocycles. The van der Waals surface area contributed by atoms with Gasteiger partial charge >= 0.3 is 0 Å². The zero-order valence-corrected chi connectivity index (χ0v) is 15.7. The van der Waals surface area contributed by atoms with Crippen molar-refractivity contribution in [2.75, 3.05) is 12.4 Å². The number of aliphatic imine (C=N–C) groups is 1. The molecule has 0 spiro atoms. The number of nitrogens with two attached hydrogens (primary N) is 2. The molecule has 140 valence electrons. The summed E-state index contributed by atoms with van der Waals surface area (Å²) in [6.45, 7) is 0. The molecule has 1 unspecified atom stereocenters. The summed E-state index contributed by atoms with van der Waals surface area (Å²) in [6, 6.07) is 7.82. The first-order valence-electron chi connectivity index (χ1n) is 7.72. The zero-order chi connectivity index (χ0) is 19.6. The van der Waals surface area contributed by atoms with Gasteiger partial charge in [0, 0.05) is 22.4 Å². The van der Waals surface area contributed by atoms with Crippen molar-refractivity contribution in [1.29, 1.82) is 0 Å². The highest BCUT2D eigenvalue weighted by Gasteiger charge is 2.36. The number of hydrogen-bond acceptors (Lipinski definition) is 7. The van der Waals surface area contributed by atoms with Gasteiger partial charge < -0.3 is 21.1 Å². The van der Waals surface area contributed by atoms with Gasteiger partial charge in [-0.1, -0.05) is 6.07 Å². The van der Waals surface area contributed by atoms with Crippen molar-refractivity contribution >= 4 is 33.5 Å². The Balaban J connectivity index is 1.97. The normalized spacial score (nSPS) is 18.8. The van der Waals surface area contributed by atoms with Crippen LogP contribution in [0.4, 0.5) is 10.1 Å². The Morgan fingerprint density at radius 2 is 2.15 bits per heavy atom. The molecule has 0 saturated heterocycles. The SMILES string of the molecule is COc1ccc(C2(N)N=C(N)NC=C2F)cc1NC(=O)c1ccc(Br)cn1. The van der Waals surface area contributed by atoms with Gasteiger partial charge in [-0.05, 0) is 40.2 Å². The number of hydrogen-bond donors (Lipinski definition) is 4. The lowest BCUT2D eigenvalue weighted by atomic mass is 9.98. The summed E-state index contributed by atoms with van der Waals surface area (Å²) in [5.41, 5.74) is 10.7. The number of amides is 1. The number of methoxy groups -OCH3 is 1. The molecule has 1 aliphatic heterocycles. The Labute approximate surface area is 162 Å². The van der Waals surface area contributed by atoms with E-state index in [4.69, 9.17) is 16.2 Å². The molecule has 27 heavy (non-hydrogen) atoms. The molecular weight excluding hydrogens is 419 g/mol. The number of carbonyl (C=O) groups excluding carboxylic acids is 1. The summed E-state index contributed by atoms with van der Waals surface area (Å²) in [7, 11) is 1.45. The van der Waals surface area contributed by atoms with Crippen molar-refractivity contribution in [2.24, 2.45) is 16.5 Å². The second-order valence-corrected chi connectivity index (χ2v) is 6.55. The lowest BCUT2D eigenvalue weighted by molar-refractivity contribution is 0.102. The van der Waals surface area contributed by atoms with E-state index in [9.17, 15) is 9.18 Å². The van der Waals surface area contributed by atoms with Crippen LogP contribution < -0.4 is 26.8 Å². The third-order valence-electron chi connectivity index (χ3n) is 3.86. The Morgan fingerprint density at radius 1 is 1.37 bits per heavy atom. The number of carbonyl (C=O) groups is 1. The van der Waals surface area contributed by atoms with Crippen LogP contribution in [0.2, 0.25) is 0 Å². The highest BCUT2D eigenvalue weighted by molar-refractivity contribution is 9.10. The van der Waals surface area contributed by atoms with E-state index < -0.39 is 17.4 Å². The molecule has 6 N–H and O–H groups in total. The predicted octanol–water partition coefficient (Wildman–Crippen LogP) is 1.95. The average molecular weight is 435 g/mol. The Hall–Kier alpha value is -2.98. The minimum absolute atomic E-state index is 0.0284. The lowest BCUT2D eigenvalue weighted by Crippen LogP contribution is -2.44. The first-order chi connectivity index (χ1) is 12.8. The first-order valence-corrected chi connectivity index (χ1v) is 8.51. The highest BCUT2D eigenvalue weighted by Crippen LogP contribution is 2.35. The van der Waals surface area contributed by atoms with E-state index in [0.29, 0.717) is 5.75 Å². The van der Waals surface area contributed by atoms with E-state index in [2.05, 4.69) is 36.5 Å². The van der Waals surface area contributed by atoms with E-state index in [-0.39, 0.29) is 22.9 Å². The van der Waals surface area contributed by atoms with Crippen molar-refractivity contribution in [2.45, 2.75) is 5.66 Å². The molecule has 2 aromatic rings. The van der Waals surface area contributed by atoms with Crippen molar-refractivity contribution in [1.82, 2.24) is 10.3 Å². The molecule has 0 radical (unpaired) electrons. The number of guanidine groups is 1. The minimum Gasteiger partial charge on any atom is -0.495 e. The smallest absolute Gasteiger partial charge is 0.274 e. The van der Waals surface area contributed by atoms with Crippen LogP contribution in [0.25, 0.3) is 0 Å². The average Bonchev–Trinajstić information content (AvgIpc) is 2.65. The summed E-state index contributed by atoms with van der Waals surface area (Å²) in [5.74, 6) is -0.857. The predicted molar refractivity (Wildman–Crippen MR) is 103 cm³/mol. The second-order valence-electron chi connectivity index (χ2n) is 5.63. The van der Waals surface area contributed by atoms with E-state index in [1.165, 1.54) is 19.4 Å². The largest absolute Gasteiger partial charge is 0.495 e. The number of benzene rings is 1. The third kappa shape index (κ3) is 3.76. The number of anilines is 1. The van der Waals surface area contributed by atoms with Gasteiger partial charge in [0.1, 0.15) is 11.4 Å². The van der Waals surface area contributed by atoms with E-state index in [1.807, 2.05) is 0 Å². The summed E-state index contributed by atoms with van der Waals surface area (Å²) in [5, 5.41) is 5.14. The highest BCUT2D eigenvalue weighted by atomic mass is 79.9. The van der Waals surface area contributed by atoms with E-state index in [1.54, 1.807) is 24.3 Å². The summed E-state index contributed by atoms with van der Waals surface area (Å²) in [6.07, 6.45) is 2.54. The summed E-state index contributed by atoms with van der Waals surface area (Å²) < 4.78 is 20.4. The molecule has 1 amide bonds. The van der Waals surface area contributed by atoms with Crippen LogP contribution in [0.5, 0.6) is 5.75 Å². The van der Waals surface area contributed by atoms with E-state index >= 15 is 0 Å². The molecular formula is C17H16BrFN6O2. The quantitative estimate of drug-likeness (QED) is 0.582. The van der Waals surface area contributed by atoms with Gasteiger partial charge in [-0.15, -0.1) is 0 Å². The minimum atomic E-state index is -1.81. The first kappa shape index (κ1) is 18.8. The maximum absolute atomic E-state index is 14.3. The maximum atomic E-state index is 14.3. The third-order valence-corrected chi connectivity index (χ3v) is 4.32. The zero-order valence-electron chi connectivity index (χ0n) is 14.2. The number of nitrogens with zero attached hydrogens (tertiary/aromatic N) is 2. The van der Waals surface area contributed by atoms with Crippen LogP contribution in [0.3, 0.4) is 0 Å². The number of ether oxygens (including phenoxy) is 1. The van der Waals surface area contributed by atoms with Gasteiger partial charge in [-0.2, -0.15) is 0 Å². The van der Waals surface area contributed by atoms with Gasteiger partial charge in [-0.25, -0.2) is 14.4 Å². The maximum Gasteiger partial charge on any atom is 0.274 e. The van der Waals surface area contributed by atoms with Crippen LogP contribution in [0.1, 0.15) is 16.1 Å². The van der Waals surface area contributed by atoms with Crippen molar-refractivity contribution < 1.29 is 13.9 Å². The molecule has 2 heterocycles. The number of nitrogens with one attached hydrogen (secondary N) is 2. The molecule has 0 saturated carbocycles. The van der Waals surface area contributed by atoms with Gasteiger partial charge in [0.2, 0.25) is 0 Å². The Kier molecular flexibility index (Phi) is 5.10. The summed E-state index contributed by atoms with van der Waals surface area (Å²) in [4.78, 5) is 20.5. The fourth-order valence-electron chi connectivity index (χ4n) is 2.46. The van der Waals surface area contributed by atoms with Crippen LogP contribution in [0, 0.1) is 0 Å². The Morgan fingerprint density at radius 3 is 2.81 bits per heavy atom. The van der Waals surface area contributed by atoms with Crippen LogP contribution in [-0.4, -0.2) is 24.0 Å². The molecule has 0 aliphatic carbocycles. The van der Waals surface area contributed by atoms with Crippen LogP contribution in [-0.2, 0) is 5.66 Å². The molecule has 1 atom stereocenters. The monoisotopic (exact) mass is 434 g/mol. The van der Waals surface area contributed by atoms with Crippen molar-refractivity contribution in [3.63, 3.8) is 0 Å². The van der Waals surface area contributed by atoms with Gasteiger partial charge in [0.05, 0.1) is 12.8 Å². The fourth-order valence-corrected chi connectivity index (χ4v) is 2.70. The van der Waals surface area contributed by atoms with Crippen LogP contribution in [0.15, 0.2) is 58.0 Å². The number of rotatable bonds is 4. The number of aromatic nitrogens is 1. The molecule has 1 aromatic heterocycles. The van der Waals surface area contributed by atoms with Gasteiger partial charge in [0.15, 0.2) is 17.4 Å². The standard InChI is InChI=1S/C17H16BrFN6O2/c1-27-13-5-2-9(17(21)14(19)8-23-16(20)25-17)6-12(13)24-15(26)11-4-3-10(18)7-22-11/h2-8H,21H2,1H3,(H,24,26)(H3,20,23,25). The lowest BCUT2D eigenvalue weighted by Gasteiger charge is -2.28. The van der Waals surface area contributed by atoms with Crippen molar-refractivity contribution in [3.8, 4) is 5.75 Å².